The monoisotopic (exact) mass is 300 g/mol. The summed E-state index contributed by atoms with van der Waals surface area (Å²) in [6, 6.07) is 0. The molecule has 0 aromatic heterocycles. The predicted octanol–water partition coefficient (Wildman–Crippen LogP) is 3.74. The molecule has 2 rings (SSSR count). The van der Waals surface area contributed by atoms with Crippen molar-refractivity contribution in [2.24, 2.45) is 11.8 Å². The molecule has 0 amide bonds. The number of hydrogen-bond acceptors (Lipinski definition) is 4. The molecule has 2 aliphatic rings. The SMILES string of the molecule is CCCC[C@H]1CO[C@H](CC[C@H]2CO[C@H](CCC)OC2)OC1. The van der Waals surface area contributed by atoms with E-state index in [1.165, 1.54) is 19.3 Å². The van der Waals surface area contributed by atoms with Gasteiger partial charge in [-0.05, 0) is 25.7 Å². The standard InChI is InChI=1S/C17H32O4/c1-3-5-7-14-10-20-17(21-11-14)9-8-15-12-18-16(6-4-2)19-13-15/h14-17H,3-13H2,1-2H3/t14-,15-,16-,17-. The molecule has 0 aromatic rings. The molecule has 124 valence electrons. The molecule has 4 nitrogen and oxygen atoms in total. The minimum atomic E-state index is -0.0174. The minimum Gasteiger partial charge on any atom is -0.352 e. The Morgan fingerprint density at radius 3 is 1.67 bits per heavy atom. The van der Waals surface area contributed by atoms with Crippen LogP contribution in [0.2, 0.25) is 0 Å². The molecule has 0 spiro atoms. The number of unbranched alkanes of at least 4 members (excludes halogenated alkanes) is 1. The van der Waals surface area contributed by atoms with Gasteiger partial charge in [0.15, 0.2) is 12.6 Å². The van der Waals surface area contributed by atoms with Gasteiger partial charge >= 0.3 is 0 Å². The van der Waals surface area contributed by atoms with Crippen LogP contribution in [-0.2, 0) is 18.9 Å². The van der Waals surface area contributed by atoms with Crippen molar-refractivity contribution in [2.75, 3.05) is 26.4 Å². The fourth-order valence-electron chi connectivity index (χ4n) is 2.93. The molecule has 2 heterocycles. The van der Waals surface area contributed by atoms with E-state index in [0.29, 0.717) is 11.8 Å². The Kier molecular flexibility index (Phi) is 8.01. The first-order valence-electron chi connectivity index (χ1n) is 8.78. The highest BCUT2D eigenvalue weighted by Gasteiger charge is 2.25. The van der Waals surface area contributed by atoms with Crippen molar-refractivity contribution in [1.82, 2.24) is 0 Å². The molecule has 2 fully saturated rings. The number of hydrogen-bond donors (Lipinski definition) is 0. The van der Waals surface area contributed by atoms with Crippen molar-refractivity contribution in [3.05, 3.63) is 0 Å². The largest absolute Gasteiger partial charge is 0.352 e. The van der Waals surface area contributed by atoms with E-state index in [-0.39, 0.29) is 12.6 Å². The van der Waals surface area contributed by atoms with Gasteiger partial charge < -0.3 is 18.9 Å². The Labute approximate surface area is 129 Å². The van der Waals surface area contributed by atoms with Crippen molar-refractivity contribution in [1.29, 1.82) is 0 Å². The van der Waals surface area contributed by atoms with E-state index >= 15 is 0 Å². The normalized spacial score (nSPS) is 34.0. The first-order chi connectivity index (χ1) is 10.3. The lowest BCUT2D eigenvalue weighted by Crippen LogP contribution is -2.35. The van der Waals surface area contributed by atoms with E-state index in [2.05, 4.69) is 13.8 Å². The minimum absolute atomic E-state index is 0.0174. The summed E-state index contributed by atoms with van der Waals surface area (Å²) in [5, 5.41) is 0. The van der Waals surface area contributed by atoms with Gasteiger partial charge in [-0.2, -0.15) is 0 Å². The second kappa shape index (κ2) is 9.78. The zero-order chi connectivity index (χ0) is 14.9. The Morgan fingerprint density at radius 2 is 1.14 bits per heavy atom. The molecule has 0 unspecified atom stereocenters. The molecule has 2 saturated heterocycles. The van der Waals surface area contributed by atoms with E-state index in [0.717, 1.165) is 52.1 Å². The van der Waals surface area contributed by atoms with Crippen LogP contribution in [0.4, 0.5) is 0 Å². The Morgan fingerprint density at radius 1 is 0.619 bits per heavy atom. The molecule has 4 heteroatoms. The Balaban J connectivity index is 1.54. The maximum Gasteiger partial charge on any atom is 0.157 e. The lowest BCUT2D eigenvalue weighted by Gasteiger charge is -2.32. The molecule has 0 saturated carbocycles. The molecule has 2 aliphatic heterocycles. The Bertz CT molecular complexity index is 256. The average molecular weight is 300 g/mol. The summed E-state index contributed by atoms with van der Waals surface area (Å²) in [6.07, 6.45) is 7.88. The third-order valence-electron chi connectivity index (χ3n) is 4.37. The van der Waals surface area contributed by atoms with E-state index in [9.17, 15) is 0 Å². The summed E-state index contributed by atoms with van der Waals surface area (Å²) in [7, 11) is 0. The molecule has 21 heavy (non-hydrogen) atoms. The lowest BCUT2D eigenvalue weighted by atomic mass is 10.0. The highest BCUT2D eigenvalue weighted by Crippen LogP contribution is 2.23. The van der Waals surface area contributed by atoms with Crippen LogP contribution in [0, 0.1) is 11.8 Å². The van der Waals surface area contributed by atoms with Gasteiger partial charge in [-0.15, -0.1) is 0 Å². The average Bonchev–Trinajstić information content (AvgIpc) is 2.53. The van der Waals surface area contributed by atoms with E-state index in [1.807, 2.05) is 0 Å². The van der Waals surface area contributed by atoms with Gasteiger partial charge in [0.2, 0.25) is 0 Å². The van der Waals surface area contributed by atoms with E-state index in [1.54, 1.807) is 0 Å². The molecular formula is C17H32O4. The second-order valence-electron chi connectivity index (χ2n) is 6.43. The molecule has 0 aromatic carbocycles. The van der Waals surface area contributed by atoms with Crippen LogP contribution in [-0.4, -0.2) is 39.0 Å². The summed E-state index contributed by atoms with van der Waals surface area (Å²) in [4.78, 5) is 0. The number of ether oxygens (including phenoxy) is 4. The number of rotatable bonds is 8. The fourth-order valence-corrected chi connectivity index (χ4v) is 2.93. The first kappa shape index (κ1) is 17.2. The van der Waals surface area contributed by atoms with Crippen molar-refractivity contribution in [3.63, 3.8) is 0 Å². The predicted molar refractivity (Wildman–Crippen MR) is 82.0 cm³/mol. The van der Waals surface area contributed by atoms with Crippen molar-refractivity contribution in [3.8, 4) is 0 Å². The van der Waals surface area contributed by atoms with Crippen LogP contribution in [0.3, 0.4) is 0 Å². The van der Waals surface area contributed by atoms with Crippen molar-refractivity contribution < 1.29 is 18.9 Å². The summed E-state index contributed by atoms with van der Waals surface area (Å²) in [5.41, 5.74) is 0. The van der Waals surface area contributed by atoms with Gasteiger partial charge in [0.25, 0.3) is 0 Å². The van der Waals surface area contributed by atoms with Crippen LogP contribution in [0.5, 0.6) is 0 Å². The van der Waals surface area contributed by atoms with Gasteiger partial charge in [0.1, 0.15) is 0 Å². The summed E-state index contributed by atoms with van der Waals surface area (Å²) >= 11 is 0. The van der Waals surface area contributed by atoms with E-state index < -0.39 is 0 Å². The highest BCUT2D eigenvalue weighted by atomic mass is 16.7. The first-order valence-corrected chi connectivity index (χ1v) is 8.78. The maximum absolute atomic E-state index is 5.83. The van der Waals surface area contributed by atoms with Crippen LogP contribution < -0.4 is 0 Å². The third kappa shape index (κ3) is 6.23. The van der Waals surface area contributed by atoms with Crippen molar-refractivity contribution in [2.45, 2.75) is 71.4 Å². The van der Waals surface area contributed by atoms with Gasteiger partial charge in [-0.1, -0.05) is 33.1 Å². The topological polar surface area (TPSA) is 36.9 Å². The summed E-state index contributed by atoms with van der Waals surface area (Å²) in [6.45, 7) is 7.74. The highest BCUT2D eigenvalue weighted by molar-refractivity contribution is 4.67. The molecule has 0 radical (unpaired) electrons. The van der Waals surface area contributed by atoms with Crippen LogP contribution >= 0.6 is 0 Å². The van der Waals surface area contributed by atoms with Crippen LogP contribution in [0.1, 0.15) is 58.8 Å². The smallest absolute Gasteiger partial charge is 0.157 e. The zero-order valence-electron chi connectivity index (χ0n) is 13.7. The molecule has 0 aliphatic carbocycles. The maximum atomic E-state index is 5.83. The summed E-state index contributed by atoms with van der Waals surface area (Å²) in [5.74, 6) is 1.08. The van der Waals surface area contributed by atoms with Crippen LogP contribution in [0.15, 0.2) is 0 Å². The van der Waals surface area contributed by atoms with E-state index in [4.69, 9.17) is 18.9 Å². The summed E-state index contributed by atoms with van der Waals surface area (Å²) < 4.78 is 23.1. The van der Waals surface area contributed by atoms with Gasteiger partial charge in [-0.3, -0.25) is 0 Å². The Hall–Kier alpha value is -0.160. The van der Waals surface area contributed by atoms with Gasteiger partial charge in [0, 0.05) is 11.8 Å². The third-order valence-corrected chi connectivity index (χ3v) is 4.37. The quantitative estimate of drug-likeness (QED) is 0.684. The van der Waals surface area contributed by atoms with Crippen molar-refractivity contribution >= 4 is 0 Å². The molecule has 0 atom stereocenters. The van der Waals surface area contributed by atoms with Crippen LogP contribution in [0.25, 0.3) is 0 Å². The molecular weight excluding hydrogens is 268 g/mol. The lowest BCUT2D eigenvalue weighted by molar-refractivity contribution is -0.219. The molecule has 0 N–H and O–H groups in total. The van der Waals surface area contributed by atoms with Gasteiger partial charge in [-0.25, -0.2) is 0 Å². The molecule has 0 bridgehead atoms. The second-order valence-corrected chi connectivity index (χ2v) is 6.43. The zero-order valence-corrected chi connectivity index (χ0v) is 13.7. The van der Waals surface area contributed by atoms with Gasteiger partial charge in [0.05, 0.1) is 26.4 Å². The fraction of sp³-hybridized carbons (Fsp3) is 1.00.